The number of ether oxygens (including phenoxy) is 2. The zero-order chi connectivity index (χ0) is 23.5. The van der Waals surface area contributed by atoms with Crippen molar-refractivity contribution in [2.75, 3.05) is 20.8 Å². The molecular formula is C25H28N4O4. The fraction of sp³-hybridized carbons (Fsp3) is 0.320. The van der Waals surface area contributed by atoms with Crippen molar-refractivity contribution in [2.45, 2.75) is 26.8 Å². The largest absolute Gasteiger partial charge is 0.493 e. The van der Waals surface area contributed by atoms with Crippen LogP contribution in [-0.2, 0) is 0 Å². The summed E-state index contributed by atoms with van der Waals surface area (Å²) in [5.41, 5.74) is 3.19. The molecule has 0 bridgehead atoms. The second-order valence-corrected chi connectivity index (χ2v) is 8.29. The Labute approximate surface area is 193 Å². The molecule has 4 rings (SSSR count). The third-order valence-corrected chi connectivity index (χ3v) is 5.57. The Balaban J connectivity index is 1.83. The van der Waals surface area contributed by atoms with Crippen molar-refractivity contribution < 1.29 is 18.8 Å². The molecule has 2 heterocycles. The maximum atomic E-state index is 13.1. The molecular weight excluding hydrogens is 420 g/mol. The Kier molecular flexibility index (Phi) is 6.35. The fourth-order valence-electron chi connectivity index (χ4n) is 3.96. The normalized spacial score (nSPS) is 16.2. The van der Waals surface area contributed by atoms with Gasteiger partial charge in [0.15, 0.2) is 11.5 Å². The summed E-state index contributed by atoms with van der Waals surface area (Å²) in [6, 6.07) is 14.5. The number of allylic oxidation sites excluding steroid dienone is 1. The molecule has 1 aliphatic rings. The number of hydrogen-bond donors (Lipinski definition) is 1. The fourth-order valence-corrected chi connectivity index (χ4v) is 3.96. The molecule has 2 aromatic carbocycles. The Bertz CT molecular complexity index is 1170. The number of carbonyl (C=O) groups excluding carboxylic acids is 1. The van der Waals surface area contributed by atoms with Gasteiger partial charge in [-0.1, -0.05) is 55.4 Å². The van der Waals surface area contributed by atoms with E-state index in [9.17, 15) is 4.79 Å². The monoisotopic (exact) mass is 448 g/mol. The van der Waals surface area contributed by atoms with Crippen LogP contribution >= 0.6 is 0 Å². The van der Waals surface area contributed by atoms with E-state index in [0.717, 1.165) is 22.4 Å². The van der Waals surface area contributed by atoms with Gasteiger partial charge in [-0.25, -0.2) is 4.79 Å². The van der Waals surface area contributed by atoms with Crippen LogP contribution in [0.2, 0.25) is 0 Å². The van der Waals surface area contributed by atoms with Crippen LogP contribution in [0, 0.1) is 5.92 Å². The first-order valence-corrected chi connectivity index (χ1v) is 10.8. The first kappa shape index (κ1) is 22.4. The number of methoxy groups -OCH3 is 2. The number of rotatable bonds is 7. The molecule has 1 atom stereocenters. The van der Waals surface area contributed by atoms with Crippen LogP contribution in [0.1, 0.15) is 38.3 Å². The Hall–Kier alpha value is -3.81. The summed E-state index contributed by atoms with van der Waals surface area (Å²) >= 11 is 0. The van der Waals surface area contributed by atoms with E-state index in [4.69, 9.17) is 14.0 Å². The van der Waals surface area contributed by atoms with Gasteiger partial charge in [-0.2, -0.15) is 4.98 Å². The van der Waals surface area contributed by atoms with Crippen LogP contribution in [0.15, 0.2) is 58.8 Å². The summed E-state index contributed by atoms with van der Waals surface area (Å²) in [5, 5.41) is 7.30. The van der Waals surface area contributed by atoms with Crippen molar-refractivity contribution in [3.8, 4) is 22.9 Å². The van der Waals surface area contributed by atoms with E-state index in [1.54, 1.807) is 19.1 Å². The molecule has 1 aliphatic heterocycles. The third-order valence-electron chi connectivity index (χ3n) is 5.57. The van der Waals surface area contributed by atoms with Crippen LogP contribution in [-0.4, -0.2) is 41.8 Å². The average Bonchev–Trinajstić information content (AvgIpc) is 3.31. The lowest BCUT2D eigenvalue weighted by molar-refractivity contribution is 0.199. The number of nitrogens with zero attached hydrogens (tertiary/aromatic N) is 3. The molecule has 0 radical (unpaired) electrons. The van der Waals surface area contributed by atoms with Gasteiger partial charge in [-0.15, -0.1) is 0 Å². The Morgan fingerprint density at radius 1 is 1.09 bits per heavy atom. The molecule has 0 saturated heterocycles. The van der Waals surface area contributed by atoms with E-state index in [0.29, 0.717) is 29.8 Å². The lowest BCUT2D eigenvalue weighted by atomic mass is 9.94. The van der Waals surface area contributed by atoms with Gasteiger partial charge in [-0.3, -0.25) is 4.90 Å². The van der Waals surface area contributed by atoms with E-state index in [1.807, 2.05) is 55.5 Å². The highest BCUT2D eigenvalue weighted by Crippen LogP contribution is 2.40. The second-order valence-electron chi connectivity index (χ2n) is 8.29. The smallest absolute Gasteiger partial charge is 0.322 e. The topological polar surface area (TPSA) is 89.7 Å². The first-order chi connectivity index (χ1) is 15.9. The number of amides is 2. The van der Waals surface area contributed by atoms with E-state index in [2.05, 4.69) is 29.3 Å². The zero-order valence-corrected chi connectivity index (χ0v) is 19.5. The van der Waals surface area contributed by atoms with E-state index < -0.39 is 6.04 Å². The standard InChI is InChI=1S/C25H28N4O4/c1-15(2)14-29-16(3)21(24-27-23(28-33-24)17-9-7-6-8-10-17)22(26-25(29)30)18-11-12-19(31-4)20(13-18)32-5/h6-13,15,22H,14H2,1-5H3,(H,26,30). The third kappa shape index (κ3) is 4.41. The zero-order valence-electron chi connectivity index (χ0n) is 19.5. The van der Waals surface area contributed by atoms with E-state index >= 15 is 0 Å². The predicted octanol–water partition coefficient (Wildman–Crippen LogP) is 4.91. The van der Waals surface area contributed by atoms with Crippen molar-refractivity contribution in [3.05, 3.63) is 65.7 Å². The van der Waals surface area contributed by atoms with Gasteiger partial charge >= 0.3 is 6.03 Å². The number of urea groups is 1. The summed E-state index contributed by atoms with van der Waals surface area (Å²) in [6.45, 7) is 6.62. The summed E-state index contributed by atoms with van der Waals surface area (Å²) in [7, 11) is 3.17. The number of nitrogens with one attached hydrogen (secondary N) is 1. The maximum absolute atomic E-state index is 13.1. The number of carbonyl (C=O) groups is 1. The molecule has 0 spiro atoms. The number of benzene rings is 2. The van der Waals surface area contributed by atoms with Gasteiger partial charge in [0.2, 0.25) is 5.82 Å². The summed E-state index contributed by atoms with van der Waals surface area (Å²) in [6.07, 6.45) is 0. The Morgan fingerprint density at radius 2 is 1.82 bits per heavy atom. The summed E-state index contributed by atoms with van der Waals surface area (Å²) < 4.78 is 16.6. The van der Waals surface area contributed by atoms with Gasteiger partial charge in [0.1, 0.15) is 0 Å². The molecule has 1 aromatic heterocycles. The predicted molar refractivity (Wildman–Crippen MR) is 125 cm³/mol. The van der Waals surface area contributed by atoms with Crippen molar-refractivity contribution in [2.24, 2.45) is 5.92 Å². The molecule has 33 heavy (non-hydrogen) atoms. The Morgan fingerprint density at radius 3 is 2.48 bits per heavy atom. The van der Waals surface area contributed by atoms with Crippen LogP contribution in [0.3, 0.4) is 0 Å². The molecule has 8 heteroatoms. The van der Waals surface area contributed by atoms with Crippen molar-refractivity contribution >= 4 is 11.6 Å². The number of hydrogen-bond acceptors (Lipinski definition) is 6. The minimum Gasteiger partial charge on any atom is -0.493 e. The van der Waals surface area contributed by atoms with E-state index in [1.165, 1.54) is 0 Å². The van der Waals surface area contributed by atoms with Crippen molar-refractivity contribution in [1.29, 1.82) is 0 Å². The molecule has 0 fully saturated rings. The van der Waals surface area contributed by atoms with Crippen LogP contribution in [0.5, 0.6) is 11.5 Å². The SMILES string of the molecule is COc1ccc(C2NC(=O)N(CC(C)C)C(C)=C2c2nc(-c3ccccc3)no2)cc1OC. The highest BCUT2D eigenvalue weighted by molar-refractivity contribution is 5.87. The lowest BCUT2D eigenvalue weighted by Crippen LogP contribution is -2.47. The van der Waals surface area contributed by atoms with Gasteiger partial charge in [0.25, 0.3) is 5.89 Å². The van der Waals surface area contributed by atoms with Crippen LogP contribution in [0.25, 0.3) is 17.0 Å². The summed E-state index contributed by atoms with van der Waals surface area (Å²) in [5.74, 6) is 2.31. The van der Waals surface area contributed by atoms with Crippen LogP contribution in [0.4, 0.5) is 4.79 Å². The van der Waals surface area contributed by atoms with Gasteiger partial charge in [0, 0.05) is 17.8 Å². The highest BCUT2D eigenvalue weighted by atomic mass is 16.5. The van der Waals surface area contributed by atoms with Crippen molar-refractivity contribution in [1.82, 2.24) is 20.4 Å². The molecule has 172 valence electrons. The van der Waals surface area contributed by atoms with Crippen LogP contribution < -0.4 is 14.8 Å². The van der Waals surface area contributed by atoms with Gasteiger partial charge in [0.05, 0.1) is 25.8 Å². The molecule has 8 nitrogen and oxygen atoms in total. The number of aromatic nitrogens is 2. The molecule has 1 unspecified atom stereocenters. The molecule has 0 aliphatic carbocycles. The highest BCUT2D eigenvalue weighted by Gasteiger charge is 2.36. The molecule has 2 amide bonds. The van der Waals surface area contributed by atoms with Gasteiger partial charge < -0.3 is 19.3 Å². The molecule has 1 N–H and O–H groups in total. The van der Waals surface area contributed by atoms with Gasteiger partial charge in [-0.05, 0) is 30.5 Å². The minimum atomic E-state index is -0.496. The average molecular weight is 449 g/mol. The maximum Gasteiger partial charge on any atom is 0.322 e. The second kappa shape index (κ2) is 9.36. The first-order valence-electron chi connectivity index (χ1n) is 10.8. The summed E-state index contributed by atoms with van der Waals surface area (Å²) in [4.78, 5) is 19.5. The van der Waals surface area contributed by atoms with Crippen molar-refractivity contribution in [3.63, 3.8) is 0 Å². The minimum absolute atomic E-state index is 0.174. The van der Waals surface area contributed by atoms with E-state index in [-0.39, 0.29) is 11.9 Å². The molecule has 3 aromatic rings. The molecule has 0 saturated carbocycles. The lowest BCUT2D eigenvalue weighted by Gasteiger charge is -2.36. The quantitative estimate of drug-likeness (QED) is 0.553.